The summed E-state index contributed by atoms with van der Waals surface area (Å²) in [5, 5.41) is 9.86. The predicted molar refractivity (Wildman–Crippen MR) is 85.6 cm³/mol. The lowest BCUT2D eigenvalue weighted by Crippen LogP contribution is -2.08. The second-order valence-corrected chi connectivity index (χ2v) is 8.51. The number of para-hydroxylation sites is 1. The van der Waals surface area contributed by atoms with E-state index in [1.807, 2.05) is 18.2 Å². The Labute approximate surface area is 127 Å². The van der Waals surface area contributed by atoms with Crippen molar-refractivity contribution in [2.24, 2.45) is 0 Å². The molecule has 18 heavy (non-hydrogen) atoms. The highest BCUT2D eigenvalue weighted by molar-refractivity contribution is 9.24. The molecule has 0 saturated carbocycles. The van der Waals surface area contributed by atoms with E-state index >= 15 is 0 Å². The summed E-state index contributed by atoms with van der Waals surface area (Å²) in [5.41, 5.74) is 0.915. The highest BCUT2D eigenvalue weighted by atomic mass is 79.9. The Morgan fingerprint density at radius 2 is 1.61 bits per heavy atom. The molecule has 1 aromatic rings. The summed E-state index contributed by atoms with van der Waals surface area (Å²) in [7, 11) is 0. The summed E-state index contributed by atoms with van der Waals surface area (Å²) in [4.78, 5) is 0. The van der Waals surface area contributed by atoms with Gasteiger partial charge in [0.2, 0.25) is 0 Å². The topological polar surface area (TPSA) is 20.2 Å². The fourth-order valence-corrected chi connectivity index (χ4v) is 3.28. The molecular weight excluding hydrogens is 356 g/mol. The van der Waals surface area contributed by atoms with Crippen molar-refractivity contribution in [3.05, 3.63) is 29.8 Å². The first-order valence-corrected chi connectivity index (χ1v) is 8.33. The molecule has 0 radical (unpaired) electrons. The van der Waals surface area contributed by atoms with Crippen LogP contribution in [0.25, 0.3) is 0 Å². The number of phenolic OH excluding ortho intramolecular Hbond substituents is 1. The molecule has 0 spiro atoms. The molecule has 0 unspecified atom stereocenters. The quantitative estimate of drug-likeness (QED) is 0.429. The normalized spacial score (nSPS) is 11.7. The molecule has 1 N–H and O–H groups in total. The van der Waals surface area contributed by atoms with Gasteiger partial charge in [0.05, 0.1) is 0 Å². The number of aromatic hydroxyl groups is 1. The van der Waals surface area contributed by atoms with Crippen LogP contribution >= 0.6 is 31.9 Å². The van der Waals surface area contributed by atoms with Gasteiger partial charge in [-0.3, -0.25) is 0 Å². The van der Waals surface area contributed by atoms with Crippen LogP contribution in [-0.4, -0.2) is 5.11 Å². The van der Waals surface area contributed by atoms with Gasteiger partial charge < -0.3 is 5.11 Å². The van der Waals surface area contributed by atoms with Crippen molar-refractivity contribution in [3.8, 4) is 5.75 Å². The fraction of sp³-hybridized carbons (Fsp3) is 0.600. The number of hydrogen-bond acceptors (Lipinski definition) is 1. The van der Waals surface area contributed by atoms with Crippen molar-refractivity contribution in [3.63, 3.8) is 0 Å². The maximum absolute atomic E-state index is 9.86. The Morgan fingerprint density at radius 3 is 2.28 bits per heavy atom. The van der Waals surface area contributed by atoms with Gasteiger partial charge in [-0.25, -0.2) is 0 Å². The molecular formula is C15H22Br2O. The van der Waals surface area contributed by atoms with Crippen molar-refractivity contribution in [1.29, 1.82) is 0 Å². The second-order valence-electron chi connectivity index (χ2n) is 4.74. The first kappa shape index (κ1) is 16.0. The Morgan fingerprint density at radius 1 is 1.00 bits per heavy atom. The molecule has 0 aliphatic carbocycles. The molecule has 0 heterocycles. The van der Waals surface area contributed by atoms with E-state index in [0.717, 1.165) is 18.4 Å². The van der Waals surface area contributed by atoms with Crippen molar-refractivity contribution < 1.29 is 5.11 Å². The molecule has 0 aromatic heterocycles. The molecule has 1 aromatic carbocycles. The first-order chi connectivity index (χ1) is 8.58. The Balaban J connectivity index is 2.38. The summed E-state index contributed by atoms with van der Waals surface area (Å²) in [6.07, 6.45) is 8.68. The van der Waals surface area contributed by atoms with Crippen LogP contribution in [0.15, 0.2) is 24.3 Å². The fourth-order valence-electron chi connectivity index (χ4n) is 2.04. The summed E-state index contributed by atoms with van der Waals surface area (Å²) >= 11 is 7.36. The molecule has 0 atom stereocenters. The van der Waals surface area contributed by atoms with E-state index < -0.39 is 0 Å². The zero-order valence-corrected chi connectivity index (χ0v) is 14.1. The molecule has 1 nitrogen and oxygen atoms in total. The van der Waals surface area contributed by atoms with Crippen LogP contribution in [-0.2, 0) is 3.23 Å². The average molecular weight is 378 g/mol. The van der Waals surface area contributed by atoms with Crippen LogP contribution in [0.4, 0.5) is 0 Å². The van der Waals surface area contributed by atoms with Crippen LogP contribution in [0.2, 0.25) is 0 Å². The number of benzene rings is 1. The van der Waals surface area contributed by atoms with Crippen molar-refractivity contribution >= 4 is 31.9 Å². The number of phenols is 1. The highest BCUT2D eigenvalue weighted by Crippen LogP contribution is 2.46. The minimum absolute atomic E-state index is 0.296. The van der Waals surface area contributed by atoms with Crippen LogP contribution in [0.1, 0.15) is 57.4 Å². The summed E-state index contributed by atoms with van der Waals surface area (Å²) in [5.74, 6) is 0.345. The van der Waals surface area contributed by atoms with E-state index in [1.54, 1.807) is 6.07 Å². The zero-order valence-electron chi connectivity index (χ0n) is 11.0. The smallest absolute Gasteiger partial charge is 0.121 e. The lowest BCUT2D eigenvalue weighted by atomic mass is 10.0. The third kappa shape index (κ3) is 5.31. The predicted octanol–water partition coefficient (Wildman–Crippen LogP) is 6.09. The SMILES string of the molecule is CCCCCCCCC(Br)(Br)c1ccccc1O. The van der Waals surface area contributed by atoms with Gasteiger partial charge in [-0.15, -0.1) is 0 Å². The minimum Gasteiger partial charge on any atom is -0.508 e. The largest absolute Gasteiger partial charge is 0.508 e. The zero-order chi connectivity index (χ0) is 13.4. The van der Waals surface area contributed by atoms with Crippen molar-refractivity contribution in [1.82, 2.24) is 0 Å². The summed E-state index contributed by atoms with van der Waals surface area (Å²) in [6, 6.07) is 7.48. The van der Waals surface area contributed by atoms with Crippen LogP contribution in [0.5, 0.6) is 5.75 Å². The number of rotatable bonds is 8. The average Bonchev–Trinajstić information content (AvgIpc) is 2.34. The number of halogens is 2. The summed E-state index contributed by atoms with van der Waals surface area (Å²) < 4.78 is -0.296. The third-order valence-corrected chi connectivity index (χ3v) is 4.79. The van der Waals surface area contributed by atoms with Crippen LogP contribution in [0, 0.1) is 0 Å². The van der Waals surface area contributed by atoms with E-state index in [4.69, 9.17) is 0 Å². The molecule has 0 amide bonds. The molecule has 102 valence electrons. The van der Waals surface area contributed by atoms with E-state index in [0.29, 0.717) is 5.75 Å². The van der Waals surface area contributed by atoms with Gasteiger partial charge in [-0.05, 0) is 12.5 Å². The Bertz CT molecular complexity index is 350. The highest BCUT2D eigenvalue weighted by Gasteiger charge is 2.27. The monoisotopic (exact) mass is 376 g/mol. The van der Waals surface area contributed by atoms with Gasteiger partial charge in [-0.1, -0.05) is 95.5 Å². The molecule has 0 aliphatic heterocycles. The van der Waals surface area contributed by atoms with Crippen molar-refractivity contribution in [2.75, 3.05) is 0 Å². The third-order valence-electron chi connectivity index (χ3n) is 3.14. The second kappa shape index (κ2) is 8.21. The molecule has 0 aliphatic rings. The van der Waals surface area contributed by atoms with Gasteiger partial charge in [-0.2, -0.15) is 0 Å². The number of alkyl halides is 2. The minimum atomic E-state index is -0.296. The maximum atomic E-state index is 9.86. The van der Waals surface area contributed by atoms with Gasteiger partial charge in [0.25, 0.3) is 0 Å². The Kier molecular flexibility index (Phi) is 7.31. The van der Waals surface area contributed by atoms with E-state index in [1.165, 1.54) is 32.1 Å². The van der Waals surface area contributed by atoms with Gasteiger partial charge in [0, 0.05) is 5.56 Å². The number of hydrogen-bond donors (Lipinski definition) is 1. The first-order valence-electron chi connectivity index (χ1n) is 6.74. The lowest BCUT2D eigenvalue weighted by molar-refractivity contribution is 0.463. The van der Waals surface area contributed by atoms with E-state index in [9.17, 15) is 5.11 Å². The summed E-state index contributed by atoms with van der Waals surface area (Å²) in [6.45, 7) is 2.24. The van der Waals surface area contributed by atoms with E-state index in [-0.39, 0.29) is 3.23 Å². The molecule has 1 rings (SSSR count). The Hall–Kier alpha value is -0.0200. The van der Waals surface area contributed by atoms with Gasteiger partial charge in [0.15, 0.2) is 0 Å². The van der Waals surface area contributed by atoms with E-state index in [2.05, 4.69) is 38.8 Å². The van der Waals surface area contributed by atoms with Crippen LogP contribution < -0.4 is 0 Å². The lowest BCUT2D eigenvalue weighted by Gasteiger charge is -2.22. The molecule has 0 fully saturated rings. The van der Waals surface area contributed by atoms with Gasteiger partial charge in [0.1, 0.15) is 8.98 Å². The standard InChI is InChI=1S/C15H22Br2O/c1-2-3-4-5-6-9-12-15(16,17)13-10-7-8-11-14(13)18/h7-8,10-11,18H,2-6,9,12H2,1H3. The molecule has 0 saturated heterocycles. The van der Waals surface area contributed by atoms with Gasteiger partial charge >= 0.3 is 0 Å². The molecule has 0 bridgehead atoms. The van der Waals surface area contributed by atoms with Crippen molar-refractivity contribution in [2.45, 2.75) is 55.1 Å². The maximum Gasteiger partial charge on any atom is 0.121 e. The van der Waals surface area contributed by atoms with Crippen LogP contribution in [0.3, 0.4) is 0 Å². The number of unbranched alkanes of at least 4 members (excludes halogenated alkanes) is 5. The molecule has 3 heteroatoms.